The van der Waals surface area contributed by atoms with Crippen LogP contribution in [0.1, 0.15) is 28.6 Å². The third-order valence-electron chi connectivity index (χ3n) is 5.28. The number of amides is 1. The number of carbonyl (C=O) groups is 1. The molecule has 13 heteroatoms. The summed E-state index contributed by atoms with van der Waals surface area (Å²) < 4.78 is 42.4. The van der Waals surface area contributed by atoms with E-state index < -0.39 is 18.2 Å². The van der Waals surface area contributed by atoms with Crippen molar-refractivity contribution in [2.45, 2.75) is 18.8 Å². The van der Waals surface area contributed by atoms with E-state index in [-0.39, 0.29) is 17.3 Å². The molecule has 4 aromatic rings. The molecule has 1 aliphatic rings. The summed E-state index contributed by atoms with van der Waals surface area (Å²) in [5, 5.41) is 15.4. The van der Waals surface area contributed by atoms with E-state index in [1.807, 2.05) is 0 Å². The number of hydrogen-bond acceptors (Lipinski definition) is 6. The van der Waals surface area contributed by atoms with Crippen molar-refractivity contribution in [3.05, 3.63) is 71.3 Å². The van der Waals surface area contributed by atoms with Crippen molar-refractivity contribution in [2.24, 2.45) is 0 Å². The number of aromatic amines is 1. The minimum atomic E-state index is -4.86. The Kier molecular flexibility index (Phi) is 5.44. The monoisotopic (exact) mass is 489 g/mol. The maximum absolute atomic E-state index is 13.3. The normalized spacial score (nSPS) is 15.8. The maximum atomic E-state index is 13.3. The van der Waals surface area contributed by atoms with E-state index in [0.717, 1.165) is 0 Å². The third-order valence-corrected chi connectivity index (χ3v) is 5.51. The first kappa shape index (κ1) is 21.9. The van der Waals surface area contributed by atoms with Gasteiger partial charge in [0.15, 0.2) is 5.82 Å². The van der Waals surface area contributed by atoms with Crippen molar-refractivity contribution < 1.29 is 22.7 Å². The molecule has 0 bridgehead atoms. The highest BCUT2D eigenvalue weighted by molar-refractivity contribution is 6.31. The summed E-state index contributed by atoms with van der Waals surface area (Å²) in [6.07, 6.45) is -1.29. The van der Waals surface area contributed by atoms with Gasteiger partial charge in [-0.05, 0) is 36.8 Å². The Morgan fingerprint density at radius 2 is 1.91 bits per heavy atom. The van der Waals surface area contributed by atoms with Crippen molar-refractivity contribution in [1.82, 2.24) is 35.1 Å². The summed E-state index contributed by atoms with van der Waals surface area (Å²) in [5.74, 6) is -0.329. The fourth-order valence-electron chi connectivity index (χ4n) is 3.67. The molecule has 1 N–H and O–H groups in total. The molecule has 2 aromatic carbocycles. The number of para-hydroxylation sites is 1. The number of nitrogens with one attached hydrogen (secondary N) is 1. The number of alkyl halides is 3. The summed E-state index contributed by atoms with van der Waals surface area (Å²) >= 11 is 6.11. The molecule has 1 atom stereocenters. The Labute approximate surface area is 195 Å². The molecule has 5 rings (SSSR count). The van der Waals surface area contributed by atoms with E-state index >= 15 is 0 Å². The lowest BCUT2D eigenvalue weighted by atomic mass is 10.00. The Morgan fingerprint density at radius 3 is 2.62 bits per heavy atom. The quantitative estimate of drug-likeness (QED) is 0.451. The molecule has 0 spiro atoms. The fraction of sp³-hybridized carbons (Fsp3) is 0.190. The molecular weight excluding hydrogens is 475 g/mol. The number of hydrogen-bond donors (Lipinski definition) is 1. The van der Waals surface area contributed by atoms with Crippen LogP contribution in [0, 0.1) is 0 Å². The van der Waals surface area contributed by atoms with Crippen LogP contribution in [0.15, 0.2) is 54.9 Å². The molecule has 1 unspecified atom stereocenters. The van der Waals surface area contributed by atoms with Gasteiger partial charge >= 0.3 is 6.36 Å². The van der Waals surface area contributed by atoms with E-state index in [2.05, 4.69) is 30.1 Å². The molecule has 3 heterocycles. The molecule has 1 saturated heterocycles. The lowest BCUT2D eigenvalue weighted by Gasteiger charge is -2.39. The topological polar surface area (TPSA) is 102 Å². The van der Waals surface area contributed by atoms with Crippen LogP contribution in [-0.2, 0) is 0 Å². The predicted molar refractivity (Wildman–Crippen MR) is 113 cm³/mol. The van der Waals surface area contributed by atoms with Gasteiger partial charge in [-0.3, -0.25) is 9.89 Å². The third kappa shape index (κ3) is 4.19. The number of likely N-dealkylation sites (tertiary alicyclic amines) is 1. The van der Waals surface area contributed by atoms with Crippen LogP contribution in [0.25, 0.3) is 17.1 Å². The summed E-state index contributed by atoms with van der Waals surface area (Å²) in [4.78, 5) is 20.6. The van der Waals surface area contributed by atoms with Gasteiger partial charge in [0.1, 0.15) is 11.6 Å². The summed E-state index contributed by atoms with van der Waals surface area (Å²) in [6, 6.07) is 9.93. The average molecular weight is 490 g/mol. The molecule has 174 valence electrons. The Balaban J connectivity index is 1.41. The first-order valence-corrected chi connectivity index (χ1v) is 10.4. The predicted octanol–water partition coefficient (Wildman–Crippen LogP) is 4.19. The number of nitrogens with zero attached hydrogens (tertiary/aromatic N) is 6. The summed E-state index contributed by atoms with van der Waals surface area (Å²) in [6.45, 7) is 0.460. The van der Waals surface area contributed by atoms with Crippen molar-refractivity contribution in [1.29, 1.82) is 0 Å². The first-order valence-electron chi connectivity index (χ1n) is 10.0. The van der Waals surface area contributed by atoms with E-state index in [1.165, 1.54) is 35.4 Å². The molecule has 9 nitrogen and oxygen atoms in total. The van der Waals surface area contributed by atoms with E-state index in [0.29, 0.717) is 35.1 Å². The van der Waals surface area contributed by atoms with Crippen LogP contribution in [0.4, 0.5) is 13.2 Å². The van der Waals surface area contributed by atoms with Gasteiger partial charge in [-0.2, -0.15) is 20.1 Å². The molecule has 0 saturated carbocycles. The van der Waals surface area contributed by atoms with Gasteiger partial charge in [0.2, 0.25) is 0 Å². The van der Waals surface area contributed by atoms with Crippen LogP contribution >= 0.6 is 11.6 Å². The molecule has 0 radical (unpaired) electrons. The van der Waals surface area contributed by atoms with Gasteiger partial charge in [0.05, 0.1) is 35.2 Å². The highest BCUT2D eigenvalue weighted by atomic mass is 35.5. The number of carbonyl (C=O) groups excluding carboxylic acids is 1. The second-order valence-electron chi connectivity index (χ2n) is 7.37. The van der Waals surface area contributed by atoms with Crippen molar-refractivity contribution in [2.75, 3.05) is 6.54 Å². The van der Waals surface area contributed by atoms with Crippen LogP contribution in [-0.4, -0.2) is 53.9 Å². The van der Waals surface area contributed by atoms with Crippen LogP contribution in [0.2, 0.25) is 5.02 Å². The minimum Gasteiger partial charge on any atom is -0.405 e. The number of halogens is 4. The van der Waals surface area contributed by atoms with Crippen LogP contribution in [0.5, 0.6) is 5.75 Å². The minimum absolute atomic E-state index is 0.0297. The highest BCUT2D eigenvalue weighted by Gasteiger charge is 2.38. The van der Waals surface area contributed by atoms with Gasteiger partial charge in [0, 0.05) is 11.6 Å². The lowest BCUT2D eigenvalue weighted by molar-refractivity contribution is -0.274. The zero-order valence-corrected chi connectivity index (χ0v) is 18.0. The second kappa shape index (κ2) is 8.45. The van der Waals surface area contributed by atoms with Gasteiger partial charge < -0.3 is 9.64 Å². The molecule has 0 aliphatic carbocycles. The average Bonchev–Trinajstić information content (AvgIpc) is 3.45. The SMILES string of the molecule is O=C(c1ccc(Cl)cc1-n1nccn1)N1CCC1c1nc(-c2ccccc2OC(F)(F)F)n[nH]1. The Hall–Kier alpha value is -3.93. The second-order valence-corrected chi connectivity index (χ2v) is 7.81. The zero-order valence-electron chi connectivity index (χ0n) is 17.2. The first-order chi connectivity index (χ1) is 16.3. The molecule has 1 amide bonds. The summed E-state index contributed by atoms with van der Waals surface area (Å²) in [7, 11) is 0. The van der Waals surface area contributed by atoms with Gasteiger partial charge in [-0.25, -0.2) is 4.98 Å². The van der Waals surface area contributed by atoms with Crippen LogP contribution in [0.3, 0.4) is 0 Å². The van der Waals surface area contributed by atoms with Gasteiger partial charge in [-0.15, -0.1) is 13.2 Å². The highest BCUT2D eigenvalue weighted by Crippen LogP contribution is 2.36. The van der Waals surface area contributed by atoms with E-state index in [1.54, 1.807) is 29.2 Å². The maximum Gasteiger partial charge on any atom is 0.573 e. The zero-order chi connectivity index (χ0) is 23.9. The van der Waals surface area contributed by atoms with E-state index in [9.17, 15) is 18.0 Å². The smallest absolute Gasteiger partial charge is 0.405 e. The summed E-state index contributed by atoms with van der Waals surface area (Å²) in [5.41, 5.74) is 0.836. The fourth-order valence-corrected chi connectivity index (χ4v) is 3.84. The lowest BCUT2D eigenvalue weighted by Crippen LogP contribution is -2.46. The van der Waals surface area contributed by atoms with Crippen LogP contribution < -0.4 is 4.74 Å². The Bertz CT molecular complexity index is 1340. The Morgan fingerprint density at radius 1 is 1.15 bits per heavy atom. The molecule has 1 fully saturated rings. The molecule has 2 aromatic heterocycles. The molecule has 34 heavy (non-hydrogen) atoms. The van der Waals surface area contributed by atoms with Gasteiger partial charge in [-0.1, -0.05) is 23.7 Å². The number of rotatable bonds is 5. The number of aromatic nitrogens is 6. The molecular formula is C21H15ClF3N7O2. The molecule has 1 aliphatic heterocycles. The van der Waals surface area contributed by atoms with Crippen molar-refractivity contribution >= 4 is 17.5 Å². The van der Waals surface area contributed by atoms with Crippen molar-refractivity contribution in [3.63, 3.8) is 0 Å². The number of ether oxygens (including phenoxy) is 1. The standard InChI is InChI=1S/C21H15ClF3N7O2/c22-12-5-6-13(16(11-12)32-26-8-9-27-32)20(33)31-10-7-15(31)19-28-18(29-30-19)14-3-1-2-4-17(14)34-21(23,24)25/h1-6,8-9,11,15H,7,10H2,(H,28,29,30). The largest absolute Gasteiger partial charge is 0.573 e. The number of benzene rings is 2. The van der Waals surface area contributed by atoms with Crippen molar-refractivity contribution in [3.8, 4) is 22.8 Å². The number of H-pyrrole nitrogens is 1. The van der Waals surface area contributed by atoms with Gasteiger partial charge in [0.25, 0.3) is 5.91 Å². The van der Waals surface area contributed by atoms with E-state index in [4.69, 9.17) is 11.6 Å².